The van der Waals surface area contributed by atoms with Crippen molar-refractivity contribution < 1.29 is 23.5 Å². The van der Waals surface area contributed by atoms with Crippen molar-refractivity contribution in [1.82, 2.24) is 0 Å². The largest absolute Gasteiger partial charge is 0.465 e. The molecule has 0 aromatic heterocycles. The van der Waals surface area contributed by atoms with Gasteiger partial charge in [0.1, 0.15) is 11.6 Å². The van der Waals surface area contributed by atoms with Crippen LogP contribution >= 0.6 is 31.9 Å². The van der Waals surface area contributed by atoms with E-state index in [1.807, 2.05) is 0 Å². The molecule has 0 N–H and O–H groups in total. The number of alkyl halides is 2. The summed E-state index contributed by atoms with van der Waals surface area (Å²) in [5, 5.41) is 0. The standard InChI is InChI=1S/C11H9Br2FO4/c1-5(15)18-9-4-6(11(16)17-2)8(14)3-7(9)10(12)13/h3-4,10H,1-2H3. The number of hydrogen-bond acceptors (Lipinski definition) is 4. The smallest absolute Gasteiger partial charge is 0.340 e. The van der Waals surface area contributed by atoms with Gasteiger partial charge in [-0.2, -0.15) is 0 Å². The van der Waals surface area contributed by atoms with Gasteiger partial charge >= 0.3 is 11.9 Å². The first kappa shape index (κ1) is 15.1. The lowest BCUT2D eigenvalue weighted by Gasteiger charge is -2.12. The fraction of sp³-hybridized carbons (Fsp3) is 0.273. The lowest BCUT2D eigenvalue weighted by molar-refractivity contribution is -0.131. The van der Waals surface area contributed by atoms with Crippen LogP contribution in [0.5, 0.6) is 5.75 Å². The summed E-state index contributed by atoms with van der Waals surface area (Å²) in [6.45, 7) is 1.21. The minimum atomic E-state index is -0.840. The van der Waals surface area contributed by atoms with Crippen LogP contribution in [0.3, 0.4) is 0 Å². The molecule has 0 aliphatic carbocycles. The molecule has 1 aromatic carbocycles. The Hall–Kier alpha value is -0.950. The molecule has 1 aromatic rings. The molecule has 1 rings (SSSR count). The summed E-state index contributed by atoms with van der Waals surface area (Å²) in [5.41, 5.74) is 0.0634. The van der Waals surface area contributed by atoms with Crippen LogP contribution in [0, 0.1) is 5.82 Å². The molecule has 7 heteroatoms. The molecule has 0 spiro atoms. The molecule has 0 fully saturated rings. The van der Waals surface area contributed by atoms with E-state index < -0.39 is 21.5 Å². The van der Waals surface area contributed by atoms with E-state index in [4.69, 9.17) is 4.74 Å². The molecular formula is C11H9Br2FO4. The first-order valence-corrected chi connectivity index (χ1v) is 6.58. The molecule has 0 heterocycles. The second-order valence-corrected chi connectivity index (χ2v) is 6.32. The highest BCUT2D eigenvalue weighted by Gasteiger charge is 2.20. The number of benzene rings is 1. The molecule has 0 bridgehead atoms. The fourth-order valence-electron chi connectivity index (χ4n) is 1.25. The van der Waals surface area contributed by atoms with E-state index >= 15 is 0 Å². The number of esters is 2. The SMILES string of the molecule is COC(=O)c1cc(OC(C)=O)c(C(Br)Br)cc1F. The van der Waals surface area contributed by atoms with Crippen LogP contribution in [0.15, 0.2) is 12.1 Å². The van der Waals surface area contributed by atoms with Gasteiger partial charge in [-0.3, -0.25) is 4.79 Å². The first-order chi connectivity index (χ1) is 8.36. The summed E-state index contributed by atoms with van der Waals surface area (Å²) >= 11 is 6.36. The molecule has 0 atom stereocenters. The fourth-order valence-corrected chi connectivity index (χ4v) is 1.96. The minimum absolute atomic E-state index is 0.0862. The summed E-state index contributed by atoms with van der Waals surface area (Å²) in [7, 11) is 1.14. The van der Waals surface area contributed by atoms with Crippen molar-refractivity contribution in [2.75, 3.05) is 7.11 Å². The highest BCUT2D eigenvalue weighted by Crippen LogP contribution is 2.37. The Morgan fingerprint density at radius 1 is 1.33 bits per heavy atom. The number of ether oxygens (including phenoxy) is 2. The first-order valence-electron chi connectivity index (χ1n) is 4.75. The number of halogens is 3. The van der Waals surface area contributed by atoms with E-state index in [9.17, 15) is 14.0 Å². The van der Waals surface area contributed by atoms with Gasteiger partial charge in [0.05, 0.1) is 16.4 Å². The highest BCUT2D eigenvalue weighted by molar-refractivity contribution is 9.24. The molecular weight excluding hydrogens is 375 g/mol. The zero-order chi connectivity index (χ0) is 13.9. The van der Waals surface area contributed by atoms with E-state index in [0.29, 0.717) is 5.56 Å². The highest BCUT2D eigenvalue weighted by atomic mass is 79.9. The maximum atomic E-state index is 13.7. The third kappa shape index (κ3) is 3.52. The number of carbonyl (C=O) groups is 2. The Balaban J connectivity index is 3.35. The second-order valence-electron chi connectivity index (χ2n) is 3.26. The summed E-state index contributed by atoms with van der Waals surface area (Å²) in [5.74, 6) is -2.08. The zero-order valence-electron chi connectivity index (χ0n) is 9.50. The van der Waals surface area contributed by atoms with Crippen molar-refractivity contribution in [3.63, 3.8) is 0 Å². The van der Waals surface area contributed by atoms with Gasteiger partial charge < -0.3 is 9.47 Å². The van der Waals surface area contributed by atoms with Crippen LogP contribution in [0.1, 0.15) is 26.6 Å². The van der Waals surface area contributed by atoms with Crippen LogP contribution in [0.25, 0.3) is 0 Å². The second kappa shape index (κ2) is 6.29. The van der Waals surface area contributed by atoms with Gasteiger partial charge in [0, 0.05) is 12.5 Å². The van der Waals surface area contributed by atoms with E-state index in [1.54, 1.807) is 0 Å². The maximum Gasteiger partial charge on any atom is 0.340 e. The van der Waals surface area contributed by atoms with Crippen LogP contribution in [0.4, 0.5) is 4.39 Å². The van der Waals surface area contributed by atoms with Crippen molar-refractivity contribution in [3.05, 3.63) is 29.1 Å². The molecule has 0 saturated heterocycles. The van der Waals surface area contributed by atoms with Crippen LogP contribution < -0.4 is 4.74 Å². The molecule has 0 radical (unpaired) electrons. The molecule has 4 nitrogen and oxygen atoms in total. The van der Waals surface area contributed by atoms with Gasteiger partial charge in [0.15, 0.2) is 0 Å². The molecule has 98 valence electrons. The van der Waals surface area contributed by atoms with Gasteiger partial charge in [-0.15, -0.1) is 0 Å². The number of hydrogen-bond donors (Lipinski definition) is 0. The number of rotatable bonds is 3. The van der Waals surface area contributed by atoms with E-state index in [2.05, 4.69) is 36.6 Å². The lowest BCUT2D eigenvalue weighted by atomic mass is 10.1. The average molecular weight is 384 g/mol. The molecule has 0 aliphatic rings. The van der Waals surface area contributed by atoms with Crippen molar-refractivity contribution >= 4 is 43.8 Å². The Kier molecular flexibility index (Phi) is 5.28. The van der Waals surface area contributed by atoms with Gasteiger partial charge in [0.25, 0.3) is 0 Å². The Labute approximate surface area is 120 Å². The summed E-state index contributed by atoms with van der Waals surface area (Å²) < 4.78 is 22.6. The van der Waals surface area contributed by atoms with Crippen molar-refractivity contribution in [2.24, 2.45) is 0 Å². The third-order valence-electron chi connectivity index (χ3n) is 1.99. The third-order valence-corrected chi connectivity index (χ3v) is 2.98. The Morgan fingerprint density at radius 3 is 2.39 bits per heavy atom. The summed E-state index contributed by atoms with van der Waals surface area (Å²) in [4.78, 5) is 22.3. The number of carbonyl (C=O) groups excluding carboxylic acids is 2. The predicted octanol–water partition coefficient (Wildman–Crippen LogP) is 3.33. The predicted molar refractivity (Wildman–Crippen MR) is 69.6 cm³/mol. The maximum absolute atomic E-state index is 13.7. The molecule has 0 unspecified atom stereocenters. The van der Waals surface area contributed by atoms with Crippen LogP contribution in [-0.2, 0) is 9.53 Å². The van der Waals surface area contributed by atoms with Gasteiger partial charge in [0.2, 0.25) is 0 Å². The lowest BCUT2D eigenvalue weighted by Crippen LogP contribution is -2.09. The topological polar surface area (TPSA) is 52.6 Å². The van der Waals surface area contributed by atoms with E-state index in [1.165, 1.54) is 6.92 Å². The number of methoxy groups -OCH3 is 1. The van der Waals surface area contributed by atoms with Gasteiger partial charge in [-0.05, 0) is 12.1 Å². The Morgan fingerprint density at radius 2 is 1.94 bits per heavy atom. The van der Waals surface area contributed by atoms with Crippen molar-refractivity contribution in [1.29, 1.82) is 0 Å². The molecule has 0 saturated carbocycles. The van der Waals surface area contributed by atoms with Crippen molar-refractivity contribution in [3.8, 4) is 5.75 Å². The van der Waals surface area contributed by atoms with Crippen molar-refractivity contribution in [2.45, 2.75) is 10.7 Å². The molecule has 18 heavy (non-hydrogen) atoms. The quantitative estimate of drug-likeness (QED) is 0.456. The summed E-state index contributed by atoms with van der Waals surface area (Å²) in [6.07, 6.45) is 0. The van der Waals surface area contributed by atoms with E-state index in [0.717, 1.165) is 19.2 Å². The van der Waals surface area contributed by atoms with Gasteiger partial charge in [-0.1, -0.05) is 31.9 Å². The normalized spacial score (nSPS) is 10.3. The Bertz CT molecular complexity index is 488. The van der Waals surface area contributed by atoms with Crippen LogP contribution in [-0.4, -0.2) is 19.0 Å². The van der Waals surface area contributed by atoms with E-state index in [-0.39, 0.29) is 11.3 Å². The van der Waals surface area contributed by atoms with Gasteiger partial charge in [-0.25, -0.2) is 9.18 Å². The average Bonchev–Trinajstić information content (AvgIpc) is 2.29. The summed E-state index contributed by atoms with van der Waals surface area (Å²) in [6, 6.07) is 2.23. The zero-order valence-corrected chi connectivity index (χ0v) is 12.7. The minimum Gasteiger partial charge on any atom is -0.465 e. The molecule has 0 amide bonds. The monoisotopic (exact) mass is 382 g/mol. The molecule has 0 aliphatic heterocycles. The van der Waals surface area contributed by atoms with Crippen LogP contribution in [0.2, 0.25) is 0 Å².